The predicted octanol–water partition coefficient (Wildman–Crippen LogP) is 2.04. The second-order valence-electron chi connectivity index (χ2n) is 3.45. The van der Waals surface area contributed by atoms with Crippen LogP contribution >= 0.6 is 0 Å². The van der Waals surface area contributed by atoms with Gasteiger partial charge in [-0.25, -0.2) is 9.97 Å². The van der Waals surface area contributed by atoms with Crippen molar-refractivity contribution in [2.75, 3.05) is 12.8 Å². The van der Waals surface area contributed by atoms with Gasteiger partial charge < -0.3 is 10.5 Å². The normalized spacial score (nSPS) is 10.1. The van der Waals surface area contributed by atoms with Gasteiger partial charge in [0.2, 0.25) is 0 Å². The summed E-state index contributed by atoms with van der Waals surface area (Å²) in [6, 6.07) is 7.47. The molecule has 4 nitrogen and oxygen atoms in total. The third-order valence-electron chi connectivity index (χ3n) is 2.30. The number of nitrogen functional groups attached to an aromatic ring is 1. The summed E-state index contributed by atoms with van der Waals surface area (Å²) >= 11 is 0. The lowest BCUT2D eigenvalue weighted by Crippen LogP contribution is -1.94. The van der Waals surface area contributed by atoms with E-state index < -0.39 is 0 Å². The van der Waals surface area contributed by atoms with E-state index in [1.807, 2.05) is 31.2 Å². The van der Waals surface area contributed by atoms with Crippen molar-refractivity contribution in [1.29, 1.82) is 0 Å². The lowest BCUT2D eigenvalue weighted by molar-refractivity contribution is 0.417. The number of nitrogens with zero attached hydrogens (tertiary/aromatic N) is 2. The van der Waals surface area contributed by atoms with Gasteiger partial charge in [-0.15, -0.1) is 0 Å². The molecule has 0 aliphatic rings. The van der Waals surface area contributed by atoms with E-state index in [1.165, 1.54) is 0 Å². The van der Waals surface area contributed by atoms with Crippen LogP contribution in [0.5, 0.6) is 5.75 Å². The lowest BCUT2D eigenvalue weighted by atomic mass is 10.1. The van der Waals surface area contributed by atoms with E-state index in [0.717, 1.165) is 17.1 Å². The Kier molecular flexibility index (Phi) is 2.72. The molecular formula is C12H13N3O. The molecule has 0 atom stereocenters. The van der Waals surface area contributed by atoms with Crippen molar-refractivity contribution in [2.45, 2.75) is 6.92 Å². The van der Waals surface area contributed by atoms with E-state index in [2.05, 4.69) is 9.97 Å². The number of aryl methyl sites for hydroxylation is 1. The standard InChI is InChI=1S/C12H13N3O/c1-8-14-6-5-11(15-8)9-3-4-12(16-2)10(13)7-9/h3-7H,13H2,1-2H3. The van der Waals surface area contributed by atoms with Gasteiger partial charge in [0, 0.05) is 11.8 Å². The monoisotopic (exact) mass is 215 g/mol. The Labute approximate surface area is 94.1 Å². The predicted molar refractivity (Wildman–Crippen MR) is 63.2 cm³/mol. The lowest BCUT2D eigenvalue weighted by Gasteiger charge is -2.06. The molecule has 0 bridgehead atoms. The number of aromatic nitrogens is 2. The van der Waals surface area contributed by atoms with Crippen LogP contribution < -0.4 is 10.5 Å². The van der Waals surface area contributed by atoms with Crippen molar-refractivity contribution < 1.29 is 4.74 Å². The highest BCUT2D eigenvalue weighted by molar-refractivity contribution is 5.68. The summed E-state index contributed by atoms with van der Waals surface area (Å²) in [6.45, 7) is 1.86. The highest BCUT2D eigenvalue weighted by Gasteiger charge is 2.04. The zero-order valence-corrected chi connectivity index (χ0v) is 9.27. The smallest absolute Gasteiger partial charge is 0.141 e. The number of nitrogens with two attached hydrogens (primary N) is 1. The quantitative estimate of drug-likeness (QED) is 0.779. The van der Waals surface area contributed by atoms with E-state index in [0.29, 0.717) is 11.4 Å². The van der Waals surface area contributed by atoms with E-state index in [-0.39, 0.29) is 0 Å². The van der Waals surface area contributed by atoms with Crippen LogP contribution in [-0.2, 0) is 0 Å². The Morgan fingerprint density at radius 3 is 2.69 bits per heavy atom. The zero-order valence-electron chi connectivity index (χ0n) is 9.27. The first kappa shape index (κ1) is 10.4. The van der Waals surface area contributed by atoms with Crippen molar-refractivity contribution in [3.63, 3.8) is 0 Å². The average Bonchev–Trinajstić information content (AvgIpc) is 2.29. The minimum atomic E-state index is 0.608. The minimum absolute atomic E-state index is 0.608. The number of ether oxygens (including phenoxy) is 1. The maximum absolute atomic E-state index is 5.84. The first-order valence-electron chi connectivity index (χ1n) is 4.94. The van der Waals surface area contributed by atoms with Gasteiger partial charge in [-0.05, 0) is 31.2 Å². The first-order valence-corrected chi connectivity index (χ1v) is 4.94. The molecule has 0 fully saturated rings. The summed E-state index contributed by atoms with van der Waals surface area (Å²) in [6.07, 6.45) is 1.73. The van der Waals surface area contributed by atoms with Crippen molar-refractivity contribution in [3.05, 3.63) is 36.3 Å². The molecule has 2 N–H and O–H groups in total. The molecule has 1 heterocycles. The SMILES string of the molecule is COc1ccc(-c2ccnc(C)n2)cc1N. The van der Waals surface area contributed by atoms with Gasteiger partial charge in [0.05, 0.1) is 18.5 Å². The second-order valence-corrected chi connectivity index (χ2v) is 3.45. The summed E-state index contributed by atoms with van der Waals surface area (Å²) in [5.41, 5.74) is 8.27. The van der Waals surface area contributed by atoms with Gasteiger partial charge >= 0.3 is 0 Å². The first-order chi connectivity index (χ1) is 7.70. The van der Waals surface area contributed by atoms with Crippen molar-refractivity contribution >= 4 is 5.69 Å². The highest BCUT2D eigenvalue weighted by atomic mass is 16.5. The molecule has 0 amide bonds. The van der Waals surface area contributed by atoms with Crippen LogP contribution in [0.3, 0.4) is 0 Å². The van der Waals surface area contributed by atoms with Gasteiger partial charge in [-0.1, -0.05) is 0 Å². The summed E-state index contributed by atoms with van der Waals surface area (Å²) in [7, 11) is 1.60. The number of hydrogen-bond acceptors (Lipinski definition) is 4. The molecule has 2 aromatic rings. The number of anilines is 1. The Bertz CT molecular complexity index is 511. The van der Waals surface area contributed by atoms with Gasteiger partial charge in [-0.2, -0.15) is 0 Å². The molecule has 0 spiro atoms. The van der Waals surface area contributed by atoms with Crippen LogP contribution in [0, 0.1) is 6.92 Å². The van der Waals surface area contributed by atoms with Crippen molar-refractivity contribution in [2.24, 2.45) is 0 Å². The summed E-state index contributed by atoms with van der Waals surface area (Å²) < 4.78 is 5.10. The molecule has 0 aliphatic heterocycles. The summed E-state index contributed by atoms with van der Waals surface area (Å²) in [5, 5.41) is 0. The molecule has 1 aromatic heterocycles. The van der Waals surface area contributed by atoms with E-state index in [4.69, 9.17) is 10.5 Å². The Hall–Kier alpha value is -2.10. The maximum atomic E-state index is 5.84. The fraction of sp³-hybridized carbons (Fsp3) is 0.167. The number of hydrogen-bond donors (Lipinski definition) is 1. The molecule has 2 rings (SSSR count). The number of methoxy groups -OCH3 is 1. The summed E-state index contributed by atoms with van der Waals surface area (Å²) in [4.78, 5) is 8.39. The van der Waals surface area contributed by atoms with Gasteiger partial charge in [0.25, 0.3) is 0 Å². The van der Waals surface area contributed by atoms with Crippen LogP contribution in [0.1, 0.15) is 5.82 Å². The third-order valence-corrected chi connectivity index (χ3v) is 2.30. The molecule has 0 saturated carbocycles. The largest absolute Gasteiger partial charge is 0.495 e. The van der Waals surface area contributed by atoms with Crippen LogP contribution in [0.2, 0.25) is 0 Å². The summed E-state index contributed by atoms with van der Waals surface area (Å²) in [5.74, 6) is 1.42. The molecule has 4 heteroatoms. The molecular weight excluding hydrogens is 202 g/mol. The van der Waals surface area contributed by atoms with E-state index >= 15 is 0 Å². The molecule has 0 aliphatic carbocycles. The van der Waals surface area contributed by atoms with Crippen LogP contribution in [0.15, 0.2) is 30.5 Å². The highest BCUT2D eigenvalue weighted by Crippen LogP contribution is 2.26. The van der Waals surface area contributed by atoms with Crippen molar-refractivity contribution in [3.8, 4) is 17.0 Å². The molecule has 1 aromatic carbocycles. The van der Waals surface area contributed by atoms with Gasteiger partial charge in [0.1, 0.15) is 11.6 Å². The van der Waals surface area contributed by atoms with E-state index in [9.17, 15) is 0 Å². The van der Waals surface area contributed by atoms with Gasteiger partial charge in [-0.3, -0.25) is 0 Å². The Morgan fingerprint density at radius 2 is 2.06 bits per heavy atom. The van der Waals surface area contributed by atoms with Gasteiger partial charge in [0.15, 0.2) is 0 Å². The average molecular weight is 215 g/mol. The maximum Gasteiger partial charge on any atom is 0.141 e. The van der Waals surface area contributed by atoms with Crippen molar-refractivity contribution in [1.82, 2.24) is 9.97 Å². The van der Waals surface area contributed by atoms with Crippen LogP contribution in [-0.4, -0.2) is 17.1 Å². The fourth-order valence-electron chi connectivity index (χ4n) is 1.51. The molecule has 0 saturated heterocycles. The topological polar surface area (TPSA) is 61.0 Å². The van der Waals surface area contributed by atoms with Crippen LogP contribution in [0.4, 0.5) is 5.69 Å². The minimum Gasteiger partial charge on any atom is -0.495 e. The van der Waals surface area contributed by atoms with E-state index in [1.54, 1.807) is 13.3 Å². The third kappa shape index (κ3) is 1.95. The zero-order chi connectivity index (χ0) is 11.5. The number of rotatable bonds is 2. The fourth-order valence-corrected chi connectivity index (χ4v) is 1.51. The number of benzene rings is 1. The Balaban J connectivity index is 2.45. The Morgan fingerprint density at radius 1 is 1.25 bits per heavy atom. The molecule has 0 radical (unpaired) electrons. The second kappa shape index (κ2) is 4.18. The molecule has 0 unspecified atom stereocenters. The van der Waals surface area contributed by atoms with Crippen LogP contribution in [0.25, 0.3) is 11.3 Å². The molecule has 16 heavy (non-hydrogen) atoms. The molecule has 82 valence electrons.